The van der Waals surface area contributed by atoms with Gasteiger partial charge in [0.05, 0.1) is 16.9 Å². The van der Waals surface area contributed by atoms with E-state index in [1.165, 1.54) is 0 Å². The molecule has 1 N–H and O–H groups in total. The molecule has 0 amide bonds. The molecule has 1 heterocycles. The first-order valence-corrected chi connectivity index (χ1v) is 7.68. The summed E-state index contributed by atoms with van der Waals surface area (Å²) < 4.78 is 22.8. The number of hydrogen-bond donors (Lipinski definition) is 1. The fourth-order valence-electron chi connectivity index (χ4n) is 2.14. The topological polar surface area (TPSA) is 74.7 Å². The molecule has 0 radical (unpaired) electrons. The van der Waals surface area contributed by atoms with Crippen molar-refractivity contribution in [3.05, 3.63) is 0 Å². The molecule has 0 aromatic heterocycles. The van der Waals surface area contributed by atoms with Crippen LogP contribution in [0.3, 0.4) is 0 Å². The maximum atomic E-state index is 11.4. The monoisotopic (exact) mass is 263 g/mol. The first-order valence-electron chi connectivity index (χ1n) is 5.86. The number of nitrogens with zero attached hydrogens (tertiary/aromatic N) is 1. The lowest BCUT2D eigenvalue weighted by Crippen LogP contribution is -2.45. The number of carbonyl (C=O) groups is 1. The van der Waals surface area contributed by atoms with Gasteiger partial charge >= 0.3 is 5.97 Å². The fourth-order valence-corrected chi connectivity index (χ4v) is 3.90. The highest BCUT2D eigenvalue weighted by Gasteiger charge is 2.36. The second-order valence-corrected chi connectivity index (χ2v) is 7.54. The van der Waals surface area contributed by atoms with Crippen LogP contribution in [0, 0.1) is 5.41 Å². The minimum absolute atomic E-state index is 0.0244. The van der Waals surface area contributed by atoms with Crippen LogP contribution in [-0.4, -0.2) is 55.0 Å². The molecule has 17 heavy (non-hydrogen) atoms. The van der Waals surface area contributed by atoms with Crippen molar-refractivity contribution >= 4 is 15.8 Å². The van der Waals surface area contributed by atoms with Gasteiger partial charge in [0.2, 0.25) is 0 Å². The molecule has 1 rings (SSSR count). The van der Waals surface area contributed by atoms with E-state index in [2.05, 4.69) is 0 Å². The largest absolute Gasteiger partial charge is 0.481 e. The molecular formula is C11H21NO4S. The molecule has 0 spiro atoms. The zero-order valence-electron chi connectivity index (χ0n) is 10.6. The molecule has 1 fully saturated rings. The molecule has 1 atom stereocenters. The molecule has 0 bridgehead atoms. The van der Waals surface area contributed by atoms with E-state index in [4.69, 9.17) is 5.11 Å². The lowest BCUT2D eigenvalue weighted by atomic mass is 9.92. The van der Waals surface area contributed by atoms with Gasteiger partial charge in [-0.05, 0) is 26.8 Å². The van der Waals surface area contributed by atoms with Crippen molar-refractivity contribution < 1.29 is 18.3 Å². The lowest BCUT2D eigenvalue weighted by Gasteiger charge is -2.32. The highest BCUT2D eigenvalue weighted by Crippen LogP contribution is 2.23. The summed E-state index contributed by atoms with van der Waals surface area (Å²) in [5.41, 5.74) is -0.845. The van der Waals surface area contributed by atoms with E-state index in [0.29, 0.717) is 19.5 Å². The van der Waals surface area contributed by atoms with E-state index in [1.807, 2.05) is 11.8 Å². The van der Waals surface area contributed by atoms with Crippen molar-refractivity contribution in [1.82, 2.24) is 4.90 Å². The summed E-state index contributed by atoms with van der Waals surface area (Å²) in [7, 11) is -2.92. The first kappa shape index (κ1) is 14.4. The summed E-state index contributed by atoms with van der Waals surface area (Å²) in [6.45, 7) is 6.33. The van der Waals surface area contributed by atoms with Crippen molar-refractivity contribution in [2.75, 3.05) is 24.6 Å². The zero-order valence-corrected chi connectivity index (χ0v) is 11.5. The summed E-state index contributed by atoms with van der Waals surface area (Å²) in [6.07, 6.45) is 0.617. The van der Waals surface area contributed by atoms with E-state index in [0.717, 1.165) is 0 Å². The minimum Gasteiger partial charge on any atom is -0.481 e. The zero-order chi connectivity index (χ0) is 13.3. The van der Waals surface area contributed by atoms with Gasteiger partial charge in [-0.2, -0.15) is 0 Å². The van der Waals surface area contributed by atoms with Crippen LogP contribution in [-0.2, 0) is 14.6 Å². The third kappa shape index (κ3) is 3.67. The molecule has 0 aromatic rings. The number of carboxylic acid groups (broad SMARTS) is 1. The molecule has 1 aliphatic rings. The third-order valence-corrected chi connectivity index (χ3v) is 5.06. The van der Waals surface area contributed by atoms with Crippen LogP contribution in [0.1, 0.15) is 27.2 Å². The molecule has 0 saturated carbocycles. The van der Waals surface area contributed by atoms with Crippen LogP contribution in [0.4, 0.5) is 0 Å². The maximum Gasteiger partial charge on any atom is 0.310 e. The average molecular weight is 263 g/mol. The Morgan fingerprint density at radius 1 is 1.47 bits per heavy atom. The number of rotatable bonds is 5. The highest BCUT2D eigenvalue weighted by atomic mass is 32.2. The van der Waals surface area contributed by atoms with Gasteiger partial charge < -0.3 is 5.11 Å². The molecule has 1 saturated heterocycles. The summed E-state index contributed by atoms with van der Waals surface area (Å²) in [6, 6.07) is -0.0244. The van der Waals surface area contributed by atoms with Crippen molar-refractivity contribution in [1.29, 1.82) is 0 Å². The van der Waals surface area contributed by atoms with Crippen LogP contribution in [0.5, 0.6) is 0 Å². The minimum atomic E-state index is -2.92. The van der Waals surface area contributed by atoms with E-state index < -0.39 is 21.2 Å². The second-order valence-electron chi connectivity index (χ2n) is 5.31. The third-order valence-electron chi connectivity index (χ3n) is 3.31. The van der Waals surface area contributed by atoms with Gasteiger partial charge in [-0.3, -0.25) is 9.69 Å². The Balaban J connectivity index is 2.71. The van der Waals surface area contributed by atoms with Gasteiger partial charge in [0.15, 0.2) is 9.84 Å². The summed E-state index contributed by atoms with van der Waals surface area (Å²) in [5, 5.41) is 9.09. The van der Waals surface area contributed by atoms with Crippen molar-refractivity contribution in [2.24, 2.45) is 5.41 Å². The van der Waals surface area contributed by atoms with Crippen LogP contribution in [0.15, 0.2) is 0 Å². The molecule has 1 unspecified atom stereocenters. The number of sulfone groups is 1. The summed E-state index contributed by atoms with van der Waals surface area (Å²) in [4.78, 5) is 13.0. The Hall–Kier alpha value is -0.620. The van der Waals surface area contributed by atoms with Crippen molar-refractivity contribution in [3.63, 3.8) is 0 Å². The van der Waals surface area contributed by atoms with Crippen molar-refractivity contribution in [2.45, 2.75) is 33.2 Å². The first-order chi connectivity index (χ1) is 7.68. The van der Waals surface area contributed by atoms with Gasteiger partial charge in [0.1, 0.15) is 0 Å². The maximum absolute atomic E-state index is 11.4. The lowest BCUT2D eigenvalue weighted by molar-refractivity contribution is -0.148. The average Bonchev–Trinajstić information content (AvgIpc) is 2.55. The Labute approximate surface area is 103 Å². The van der Waals surface area contributed by atoms with Gasteiger partial charge in [-0.1, -0.05) is 6.92 Å². The summed E-state index contributed by atoms with van der Waals surface area (Å²) in [5.74, 6) is -0.463. The van der Waals surface area contributed by atoms with E-state index in [9.17, 15) is 13.2 Å². The predicted molar refractivity (Wildman–Crippen MR) is 65.7 cm³/mol. The molecular weight excluding hydrogens is 242 g/mol. The van der Waals surface area contributed by atoms with Gasteiger partial charge in [-0.25, -0.2) is 8.42 Å². The van der Waals surface area contributed by atoms with E-state index >= 15 is 0 Å². The Bertz CT molecular complexity index is 388. The molecule has 0 aliphatic carbocycles. The Morgan fingerprint density at radius 3 is 2.41 bits per heavy atom. The van der Waals surface area contributed by atoms with Gasteiger partial charge in [-0.15, -0.1) is 0 Å². The highest BCUT2D eigenvalue weighted by molar-refractivity contribution is 7.91. The SMILES string of the molecule is CCN(CC(C)(C)C(=O)O)C1CCS(=O)(=O)C1. The molecule has 5 nitrogen and oxygen atoms in total. The summed E-state index contributed by atoms with van der Waals surface area (Å²) >= 11 is 0. The van der Waals surface area contributed by atoms with Gasteiger partial charge in [0, 0.05) is 12.6 Å². The van der Waals surface area contributed by atoms with Crippen molar-refractivity contribution in [3.8, 4) is 0 Å². The van der Waals surface area contributed by atoms with Crippen LogP contribution >= 0.6 is 0 Å². The fraction of sp³-hybridized carbons (Fsp3) is 0.909. The van der Waals surface area contributed by atoms with Crippen LogP contribution in [0.2, 0.25) is 0 Å². The van der Waals surface area contributed by atoms with Crippen LogP contribution < -0.4 is 0 Å². The number of hydrogen-bond acceptors (Lipinski definition) is 4. The predicted octanol–water partition coefficient (Wildman–Crippen LogP) is 0.606. The smallest absolute Gasteiger partial charge is 0.310 e. The normalized spacial score (nSPS) is 24.1. The quantitative estimate of drug-likeness (QED) is 0.786. The van der Waals surface area contributed by atoms with E-state index in [-0.39, 0.29) is 17.5 Å². The van der Waals surface area contributed by atoms with Crippen LogP contribution in [0.25, 0.3) is 0 Å². The number of aliphatic carboxylic acids is 1. The van der Waals surface area contributed by atoms with E-state index in [1.54, 1.807) is 13.8 Å². The standard InChI is InChI=1S/C11H21NO4S/c1-4-12(8-11(2,3)10(13)14)9-5-6-17(15,16)7-9/h9H,4-8H2,1-3H3,(H,13,14). The molecule has 100 valence electrons. The van der Waals surface area contributed by atoms with Gasteiger partial charge in [0.25, 0.3) is 0 Å². The Kier molecular flexibility index (Phi) is 4.19. The Morgan fingerprint density at radius 2 is 2.06 bits per heavy atom. The molecule has 1 aliphatic heterocycles. The molecule has 6 heteroatoms. The second kappa shape index (κ2) is 4.94. The molecule has 0 aromatic carbocycles. The number of carboxylic acids is 1.